The molecule has 0 bridgehead atoms. The lowest BCUT2D eigenvalue weighted by Gasteiger charge is -2.39. The van der Waals surface area contributed by atoms with Crippen LogP contribution in [0.4, 0.5) is 0 Å². The fraction of sp³-hybridized carbons (Fsp3) is 1.00. The Kier molecular flexibility index (Phi) is 4.34. The van der Waals surface area contributed by atoms with Crippen LogP contribution < -0.4 is 5.32 Å². The molecule has 1 aliphatic heterocycles. The number of sulfonamides is 1. The summed E-state index contributed by atoms with van der Waals surface area (Å²) in [6.45, 7) is 6.49. The van der Waals surface area contributed by atoms with Gasteiger partial charge in [0.2, 0.25) is 10.0 Å². The molecule has 18 heavy (non-hydrogen) atoms. The molecular formula is C13H26N2O2S. The zero-order valence-corrected chi connectivity index (χ0v) is 12.5. The lowest BCUT2D eigenvalue weighted by atomic mass is 10.0. The largest absolute Gasteiger partial charge is 0.313 e. The van der Waals surface area contributed by atoms with E-state index in [0.29, 0.717) is 12.6 Å². The number of nitrogens with one attached hydrogen (secondary N) is 1. The average Bonchev–Trinajstić information content (AvgIpc) is 3.08. The van der Waals surface area contributed by atoms with Crippen LogP contribution in [-0.4, -0.2) is 42.6 Å². The second-order valence-electron chi connectivity index (χ2n) is 6.00. The highest BCUT2D eigenvalue weighted by atomic mass is 32.2. The van der Waals surface area contributed by atoms with Crippen molar-refractivity contribution in [1.82, 2.24) is 9.62 Å². The Balaban J connectivity index is 2.02. The van der Waals surface area contributed by atoms with Crippen LogP contribution in [0.2, 0.25) is 0 Å². The fourth-order valence-electron chi connectivity index (χ4n) is 2.83. The van der Waals surface area contributed by atoms with E-state index in [2.05, 4.69) is 5.32 Å². The SMILES string of the molecule is CC1CCCC(C)N1S(=O)(=O)C(C)CNC1CC1. The maximum absolute atomic E-state index is 12.6. The third-order valence-corrected chi connectivity index (χ3v) is 6.68. The molecule has 1 saturated carbocycles. The van der Waals surface area contributed by atoms with Gasteiger partial charge in [-0.3, -0.25) is 0 Å². The Hall–Kier alpha value is -0.130. The minimum absolute atomic E-state index is 0.155. The molecule has 1 aliphatic carbocycles. The van der Waals surface area contributed by atoms with Crippen LogP contribution >= 0.6 is 0 Å². The van der Waals surface area contributed by atoms with Crippen molar-refractivity contribution in [3.63, 3.8) is 0 Å². The Labute approximate surface area is 111 Å². The summed E-state index contributed by atoms with van der Waals surface area (Å²) >= 11 is 0. The molecule has 2 rings (SSSR count). The quantitative estimate of drug-likeness (QED) is 0.830. The molecule has 0 amide bonds. The Morgan fingerprint density at radius 2 is 1.72 bits per heavy atom. The van der Waals surface area contributed by atoms with Crippen LogP contribution in [0.1, 0.15) is 52.9 Å². The minimum Gasteiger partial charge on any atom is -0.313 e. The first-order valence-electron chi connectivity index (χ1n) is 7.18. The molecule has 0 aromatic heterocycles. The van der Waals surface area contributed by atoms with Crippen molar-refractivity contribution in [1.29, 1.82) is 0 Å². The predicted molar refractivity (Wildman–Crippen MR) is 74.0 cm³/mol. The van der Waals surface area contributed by atoms with E-state index in [0.717, 1.165) is 19.3 Å². The minimum atomic E-state index is -3.16. The molecule has 0 aromatic carbocycles. The summed E-state index contributed by atoms with van der Waals surface area (Å²) in [7, 11) is -3.16. The maximum atomic E-state index is 12.6. The van der Waals surface area contributed by atoms with Gasteiger partial charge in [-0.25, -0.2) is 8.42 Å². The van der Waals surface area contributed by atoms with Gasteiger partial charge >= 0.3 is 0 Å². The summed E-state index contributed by atoms with van der Waals surface area (Å²) in [6.07, 6.45) is 5.52. The van der Waals surface area contributed by atoms with Crippen LogP contribution in [0.15, 0.2) is 0 Å². The molecule has 1 N–H and O–H groups in total. The Morgan fingerprint density at radius 1 is 1.17 bits per heavy atom. The number of rotatable bonds is 5. The normalized spacial score (nSPS) is 32.4. The van der Waals surface area contributed by atoms with Crippen LogP contribution in [0, 0.1) is 0 Å². The molecular weight excluding hydrogens is 248 g/mol. The van der Waals surface area contributed by atoms with E-state index >= 15 is 0 Å². The van der Waals surface area contributed by atoms with E-state index in [-0.39, 0.29) is 17.3 Å². The number of hydrogen-bond donors (Lipinski definition) is 1. The monoisotopic (exact) mass is 274 g/mol. The number of nitrogens with zero attached hydrogens (tertiary/aromatic N) is 1. The van der Waals surface area contributed by atoms with Gasteiger partial charge < -0.3 is 5.32 Å². The molecule has 1 saturated heterocycles. The van der Waals surface area contributed by atoms with Gasteiger partial charge in [-0.1, -0.05) is 6.42 Å². The zero-order valence-electron chi connectivity index (χ0n) is 11.7. The highest BCUT2D eigenvalue weighted by molar-refractivity contribution is 7.89. The van der Waals surface area contributed by atoms with Crippen molar-refractivity contribution in [2.24, 2.45) is 0 Å². The highest BCUT2D eigenvalue weighted by Crippen LogP contribution is 2.28. The second kappa shape index (κ2) is 5.47. The summed E-state index contributed by atoms with van der Waals surface area (Å²) in [5, 5.41) is 3.01. The van der Waals surface area contributed by atoms with Crippen molar-refractivity contribution in [3.8, 4) is 0 Å². The lowest BCUT2D eigenvalue weighted by Crippen LogP contribution is -2.52. The van der Waals surface area contributed by atoms with Crippen molar-refractivity contribution >= 4 is 10.0 Å². The third-order valence-electron chi connectivity index (χ3n) is 4.19. The van der Waals surface area contributed by atoms with Crippen LogP contribution in [-0.2, 0) is 10.0 Å². The summed E-state index contributed by atoms with van der Waals surface area (Å²) in [5.74, 6) is 0. The van der Waals surface area contributed by atoms with E-state index in [1.165, 1.54) is 12.8 Å². The van der Waals surface area contributed by atoms with Crippen molar-refractivity contribution < 1.29 is 8.42 Å². The van der Waals surface area contributed by atoms with E-state index < -0.39 is 10.0 Å². The van der Waals surface area contributed by atoms with Crippen LogP contribution in [0.5, 0.6) is 0 Å². The molecule has 5 heteroatoms. The van der Waals surface area contributed by atoms with E-state index in [1.54, 1.807) is 4.31 Å². The lowest BCUT2D eigenvalue weighted by molar-refractivity contribution is 0.202. The van der Waals surface area contributed by atoms with Crippen molar-refractivity contribution in [2.75, 3.05) is 6.54 Å². The van der Waals surface area contributed by atoms with Gasteiger partial charge in [0.15, 0.2) is 0 Å². The molecule has 0 spiro atoms. The fourth-order valence-corrected chi connectivity index (χ4v) is 4.77. The first kappa shape index (κ1) is 14.3. The molecule has 3 atom stereocenters. The first-order chi connectivity index (χ1) is 8.43. The number of piperidine rings is 1. The van der Waals surface area contributed by atoms with Gasteiger partial charge in [-0.15, -0.1) is 0 Å². The van der Waals surface area contributed by atoms with Gasteiger partial charge in [-0.05, 0) is 46.5 Å². The molecule has 0 radical (unpaired) electrons. The van der Waals surface area contributed by atoms with Crippen molar-refractivity contribution in [3.05, 3.63) is 0 Å². The van der Waals surface area contributed by atoms with Gasteiger partial charge in [-0.2, -0.15) is 4.31 Å². The smallest absolute Gasteiger partial charge is 0.218 e. The molecule has 2 fully saturated rings. The van der Waals surface area contributed by atoms with Crippen molar-refractivity contribution in [2.45, 2.75) is 76.3 Å². The standard InChI is InChI=1S/C13H26N2O2S/c1-10-5-4-6-11(2)15(10)18(16,17)12(3)9-14-13-7-8-13/h10-14H,4-9H2,1-3H3. The van der Waals surface area contributed by atoms with E-state index in [9.17, 15) is 8.42 Å². The maximum Gasteiger partial charge on any atom is 0.218 e. The third kappa shape index (κ3) is 3.06. The summed E-state index contributed by atoms with van der Waals surface area (Å²) in [4.78, 5) is 0. The molecule has 106 valence electrons. The molecule has 2 aliphatic rings. The molecule has 3 unspecified atom stereocenters. The average molecular weight is 274 g/mol. The Morgan fingerprint density at radius 3 is 2.22 bits per heavy atom. The topological polar surface area (TPSA) is 49.4 Å². The van der Waals surface area contributed by atoms with Crippen LogP contribution in [0.3, 0.4) is 0 Å². The predicted octanol–water partition coefficient (Wildman–Crippen LogP) is 1.72. The van der Waals surface area contributed by atoms with Gasteiger partial charge in [0.05, 0.1) is 5.25 Å². The molecule has 4 nitrogen and oxygen atoms in total. The summed E-state index contributed by atoms with van der Waals surface area (Å²) < 4.78 is 27.0. The number of hydrogen-bond acceptors (Lipinski definition) is 3. The van der Waals surface area contributed by atoms with E-state index in [1.807, 2.05) is 20.8 Å². The van der Waals surface area contributed by atoms with Crippen LogP contribution in [0.25, 0.3) is 0 Å². The Bertz CT molecular complexity index is 368. The zero-order chi connectivity index (χ0) is 13.3. The van der Waals surface area contributed by atoms with E-state index in [4.69, 9.17) is 0 Å². The highest BCUT2D eigenvalue weighted by Gasteiger charge is 2.38. The molecule has 1 heterocycles. The molecule has 0 aromatic rings. The second-order valence-corrected chi connectivity index (χ2v) is 8.25. The van der Waals surface area contributed by atoms with Gasteiger partial charge in [0.25, 0.3) is 0 Å². The van der Waals surface area contributed by atoms with Gasteiger partial charge in [0, 0.05) is 24.7 Å². The summed E-state index contributed by atoms with van der Waals surface area (Å²) in [6, 6.07) is 0.878. The summed E-state index contributed by atoms with van der Waals surface area (Å²) in [5.41, 5.74) is 0. The first-order valence-corrected chi connectivity index (χ1v) is 8.69. The van der Waals surface area contributed by atoms with Gasteiger partial charge in [0.1, 0.15) is 0 Å².